The number of rotatable bonds is 1. The van der Waals surface area contributed by atoms with E-state index >= 15 is 0 Å². The number of carbonyl (C=O) groups excluding carboxylic acids is 2. The maximum Gasteiger partial charge on any atom is 0.255 e. The lowest BCUT2D eigenvalue weighted by molar-refractivity contribution is -0.130. The van der Waals surface area contributed by atoms with Crippen LogP contribution in [-0.2, 0) is 4.79 Å². The summed E-state index contributed by atoms with van der Waals surface area (Å²) < 4.78 is 0.699. The third-order valence-corrected chi connectivity index (χ3v) is 4.83. The van der Waals surface area contributed by atoms with Crippen LogP contribution in [0.2, 0.25) is 0 Å². The van der Waals surface area contributed by atoms with Gasteiger partial charge in [-0.15, -0.1) is 0 Å². The van der Waals surface area contributed by atoms with Crippen LogP contribution < -0.4 is 0 Å². The van der Waals surface area contributed by atoms with Gasteiger partial charge in [-0.1, -0.05) is 0 Å². The van der Waals surface area contributed by atoms with Gasteiger partial charge in [-0.2, -0.15) is 0 Å². The minimum Gasteiger partial charge on any atom is -0.343 e. The number of aromatic nitrogens is 1. The summed E-state index contributed by atoms with van der Waals surface area (Å²) in [6.07, 6.45) is 5.01. The molecule has 0 unspecified atom stereocenters. The van der Waals surface area contributed by atoms with Crippen LogP contribution in [0.4, 0.5) is 0 Å². The fraction of sp³-hybridized carbons (Fsp3) is 0.500. The molecule has 0 spiro atoms. The molecule has 3 rings (SSSR count). The van der Waals surface area contributed by atoms with Crippen molar-refractivity contribution < 1.29 is 9.59 Å². The summed E-state index contributed by atoms with van der Waals surface area (Å²) in [5.41, 5.74) is 0.614. The molecule has 106 valence electrons. The van der Waals surface area contributed by atoms with Gasteiger partial charge in [0, 0.05) is 37.0 Å². The Labute approximate surface area is 126 Å². The van der Waals surface area contributed by atoms with Crippen LogP contribution in [-0.4, -0.2) is 52.8 Å². The van der Waals surface area contributed by atoms with Gasteiger partial charge in [0.1, 0.15) is 0 Å². The van der Waals surface area contributed by atoms with E-state index in [-0.39, 0.29) is 23.8 Å². The van der Waals surface area contributed by atoms with Gasteiger partial charge in [-0.25, -0.2) is 0 Å². The molecule has 0 aromatic carbocycles. The van der Waals surface area contributed by atoms with Gasteiger partial charge in [0.2, 0.25) is 5.91 Å². The van der Waals surface area contributed by atoms with E-state index in [1.165, 1.54) is 0 Å². The third kappa shape index (κ3) is 2.12. The quantitative estimate of drug-likeness (QED) is 0.781. The summed E-state index contributed by atoms with van der Waals surface area (Å²) in [6.45, 7) is 1.35. The summed E-state index contributed by atoms with van der Waals surface area (Å²) in [4.78, 5) is 32.4. The zero-order valence-electron chi connectivity index (χ0n) is 11.3. The van der Waals surface area contributed by atoms with Crippen LogP contribution in [0.25, 0.3) is 0 Å². The molecule has 20 heavy (non-hydrogen) atoms. The van der Waals surface area contributed by atoms with Crippen molar-refractivity contribution in [2.45, 2.75) is 18.9 Å². The SMILES string of the molecule is CN1C[C@@H]2[C@@H](CCCN2C(=O)c2ccncc2Br)C1=O. The summed E-state index contributed by atoms with van der Waals surface area (Å²) in [7, 11) is 1.81. The highest BCUT2D eigenvalue weighted by molar-refractivity contribution is 9.10. The fourth-order valence-electron chi connectivity index (χ4n) is 3.18. The number of likely N-dealkylation sites (tertiary alicyclic amines) is 2. The highest BCUT2D eigenvalue weighted by Gasteiger charge is 2.45. The maximum atomic E-state index is 12.7. The second kappa shape index (κ2) is 5.16. The Balaban J connectivity index is 1.88. The molecule has 5 nitrogen and oxygen atoms in total. The van der Waals surface area contributed by atoms with E-state index in [0.717, 1.165) is 19.4 Å². The van der Waals surface area contributed by atoms with Gasteiger partial charge in [0.25, 0.3) is 5.91 Å². The molecule has 2 amide bonds. The molecule has 2 fully saturated rings. The van der Waals surface area contributed by atoms with E-state index in [9.17, 15) is 9.59 Å². The molecule has 2 atom stereocenters. The topological polar surface area (TPSA) is 53.5 Å². The van der Waals surface area contributed by atoms with Crippen LogP contribution in [0, 0.1) is 5.92 Å². The lowest BCUT2D eigenvalue weighted by atomic mass is 9.91. The van der Waals surface area contributed by atoms with Crippen molar-refractivity contribution in [2.75, 3.05) is 20.1 Å². The number of amides is 2. The van der Waals surface area contributed by atoms with E-state index in [0.29, 0.717) is 16.6 Å². The summed E-state index contributed by atoms with van der Waals surface area (Å²) in [5, 5.41) is 0. The van der Waals surface area contributed by atoms with Crippen molar-refractivity contribution in [2.24, 2.45) is 5.92 Å². The molecule has 2 aliphatic rings. The number of hydrogen-bond acceptors (Lipinski definition) is 3. The van der Waals surface area contributed by atoms with Crippen molar-refractivity contribution in [1.82, 2.24) is 14.8 Å². The van der Waals surface area contributed by atoms with E-state index in [2.05, 4.69) is 20.9 Å². The second-order valence-corrected chi connectivity index (χ2v) is 6.24. The van der Waals surface area contributed by atoms with Crippen LogP contribution in [0.15, 0.2) is 22.9 Å². The average molecular weight is 338 g/mol. The Kier molecular flexibility index (Phi) is 3.50. The van der Waals surface area contributed by atoms with Gasteiger partial charge < -0.3 is 9.80 Å². The third-order valence-electron chi connectivity index (χ3n) is 4.20. The van der Waals surface area contributed by atoms with E-state index in [1.807, 2.05) is 11.9 Å². The number of nitrogens with zero attached hydrogens (tertiary/aromatic N) is 3. The highest BCUT2D eigenvalue weighted by Crippen LogP contribution is 2.32. The van der Waals surface area contributed by atoms with Gasteiger partial charge in [0.05, 0.1) is 17.5 Å². The smallest absolute Gasteiger partial charge is 0.255 e. The Morgan fingerprint density at radius 2 is 2.30 bits per heavy atom. The minimum atomic E-state index is -0.0293. The standard InChI is InChI=1S/C14H16BrN3O2/c1-17-8-12-10(13(17)19)3-2-6-18(12)14(20)9-4-5-16-7-11(9)15/h4-5,7,10,12H,2-3,6,8H2,1H3/t10-,12-/m1/s1. The van der Waals surface area contributed by atoms with E-state index < -0.39 is 0 Å². The largest absolute Gasteiger partial charge is 0.343 e. The zero-order chi connectivity index (χ0) is 14.3. The summed E-state index contributed by atoms with van der Waals surface area (Å²) >= 11 is 3.37. The number of carbonyl (C=O) groups is 2. The number of likely N-dealkylation sites (N-methyl/N-ethyl adjacent to an activating group) is 1. The van der Waals surface area contributed by atoms with Crippen LogP contribution in [0.1, 0.15) is 23.2 Å². The number of piperidine rings is 1. The first-order valence-electron chi connectivity index (χ1n) is 6.75. The Morgan fingerprint density at radius 1 is 1.50 bits per heavy atom. The van der Waals surface area contributed by atoms with Crippen molar-refractivity contribution in [3.05, 3.63) is 28.5 Å². The molecule has 0 N–H and O–H groups in total. The maximum absolute atomic E-state index is 12.7. The minimum absolute atomic E-state index is 0.00816. The number of fused-ring (bicyclic) bond motifs is 1. The molecule has 1 aromatic heterocycles. The molecule has 1 aromatic rings. The molecule has 6 heteroatoms. The zero-order valence-corrected chi connectivity index (χ0v) is 12.8. The van der Waals surface area contributed by atoms with Gasteiger partial charge in [0.15, 0.2) is 0 Å². The van der Waals surface area contributed by atoms with E-state index in [4.69, 9.17) is 0 Å². The fourth-order valence-corrected chi connectivity index (χ4v) is 3.60. The van der Waals surface area contributed by atoms with Gasteiger partial charge in [-0.05, 0) is 34.8 Å². The summed E-state index contributed by atoms with van der Waals surface area (Å²) in [5.74, 6) is 0.122. The first kappa shape index (κ1) is 13.5. The molecular weight excluding hydrogens is 322 g/mol. The van der Waals surface area contributed by atoms with E-state index in [1.54, 1.807) is 23.4 Å². The normalized spacial score (nSPS) is 25.8. The molecule has 2 aliphatic heterocycles. The van der Waals surface area contributed by atoms with Crippen molar-refractivity contribution in [1.29, 1.82) is 0 Å². The number of pyridine rings is 1. The Morgan fingerprint density at radius 3 is 3.05 bits per heavy atom. The molecule has 0 radical (unpaired) electrons. The molecule has 0 saturated carbocycles. The number of hydrogen-bond donors (Lipinski definition) is 0. The Bertz CT molecular complexity index is 563. The van der Waals surface area contributed by atoms with Crippen LogP contribution in [0.5, 0.6) is 0 Å². The molecule has 2 saturated heterocycles. The van der Waals surface area contributed by atoms with Gasteiger partial charge in [-0.3, -0.25) is 14.6 Å². The monoisotopic (exact) mass is 337 g/mol. The highest BCUT2D eigenvalue weighted by atomic mass is 79.9. The Hall–Kier alpha value is -1.43. The predicted molar refractivity (Wildman–Crippen MR) is 77.1 cm³/mol. The molecular formula is C14H16BrN3O2. The lowest BCUT2D eigenvalue weighted by Crippen LogP contribution is -2.48. The van der Waals surface area contributed by atoms with Crippen molar-refractivity contribution >= 4 is 27.7 Å². The van der Waals surface area contributed by atoms with Crippen LogP contribution in [0.3, 0.4) is 0 Å². The molecule has 0 bridgehead atoms. The van der Waals surface area contributed by atoms with Gasteiger partial charge >= 0.3 is 0 Å². The molecule has 0 aliphatic carbocycles. The summed E-state index contributed by atoms with van der Waals surface area (Å²) in [6, 6.07) is 1.73. The van der Waals surface area contributed by atoms with Crippen molar-refractivity contribution in [3.63, 3.8) is 0 Å². The average Bonchev–Trinajstić information content (AvgIpc) is 2.74. The first-order chi connectivity index (χ1) is 9.59. The second-order valence-electron chi connectivity index (χ2n) is 5.39. The van der Waals surface area contributed by atoms with Crippen LogP contribution >= 0.6 is 15.9 Å². The first-order valence-corrected chi connectivity index (χ1v) is 7.54. The lowest BCUT2D eigenvalue weighted by Gasteiger charge is -2.36. The predicted octanol–water partition coefficient (Wildman–Crippen LogP) is 1.54. The number of halogens is 1. The molecule has 3 heterocycles. The van der Waals surface area contributed by atoms with Crippen molar-refractivity contribution in [3.8, 4) is 0 Å².